The minimum absolute atomic E-state index is 0.0121. The van der Waals surface area contributed by atoms with Crippen molar-refractivity contribution in [1.82, 2.24) is 13.7 Å². The maximum absolute atomic E-state index is 14.6. The van der Waals surface area contributed by atoms with Gasteiger partial charge in [-0.05, 0) is 110 Å². The van der Waals surface area contributed by atoms with Crippen molar-refractivity contribution < 1.29 is 28.6 Å². The number of para-hydroxylation sites is 3. The summed E-state index contributed by atoms with van der Waals surface area (Å²) in [6.07, 6.45) is -2.48. The second kappa shape index (κ2) is 17.4. The smallest absolute Gasteiger partial charge is 0.410 e. The number of amides is 3. The van der Waals surface area contributed by atoms with Crippen molar-refractivity contribution in [3.05, 3.63) is 194 Å². The summed E-state index contributed by atoms with van der Waals surface area (Å²) in [5, 5.41) is 7.96. The van der Waals surface area contributed by atoms with E-state index >= 15 is 0 Å². The highest BCUT2D eigenvalue weighted by atomic mass is 16.6. The average molecular weight is 805 g/mol. The summed E-state index contributed by atoms with van der Waals surface area (Å²) in [4.78, 5) is 82.5. The van der Waals surface area contributed by atoms with Gasteiger partial charge >= 0.3 is 35.3 Å². The number of aromatic nitrogens is 3. The highest BCUT2D eigenvalue weighted by Gasteiger charge is 2.22. The van der Waals surface area contributed by atoms with Crippen molar-refractivity contribution in [1.29, 1.82) is 0 Å². The Morgan fingerprint density at radius 1 is 0.383 bits per heavy atom. The summed E-state index contributed by atoms with van der Waals surface area (Å²) in [5.74, 6) is 0.863. The number of anilines is 3. The highest BCUT2D eigenvalue weighted by molar-refractivity contribution is 5.89. The number of carbonyl (C=O) groups excluding carboxylic acids is 3. The van der Waals surface area contributed by atoms with Crippen molar-refractivity contribution in [3.63, 3.8) is 0 Å². The summed E-state index contributed by atoms with van der Waals surface area (Å²) < 4.78 is 18.5. The SMILES string of the molecule is Cc1ccc(-n2c(=O)n(-c3ccc(C)c(NC(=O)Oc4ccccc4)c3)c(=O)n(-c3ccc(C)c(NC(=O)Oc4ccccc4)c3)c2=O)cc1NC(=O)Oc1ccccc1. The number of carbonyl (C=O) groups is 3. The molecule has 60 heavy (non-hydrogen) atoms. The fourth-order valence-corrected chi connectivity index (χ4v) is 6.05. The van der Waals surface area contributed by atoms with E-state index in [1.165, 1.54) is 36.4 Å². The number of ether oxygens (including phenoxy) is 3. The van der Waals surface area contributed by atoms with Gasteiger partial charge in [0, 0.05) is 17.1 Å². The van der Waals surface area contributed by atoms with Gasteiger partial charge in [0.25, 0.3) is 0 Å². The van der Waals surface area contributed by atoms with Crippen molar-refractivity contribution >= 4 is 35.3 Å². The molecule has 7 aromatic rings. The predicted molar refractivity (Wildman–Crippen MR) is 226 cm³/mol. The average Bonchev–Trinajstić information content (AvgIpc) is 3.22. The third kappa shape index (κ3) is 8.90. The molecule has 7 rings (SSSR count). The normalized spacial score (nSPS) is 10.7. The number of nitrogens with one attached hydrogen (secondary N) is 3. The summed E-state index contributed by atoms with van der Waals surface area (Å²) in [5.41, 5.74) is -0.907. The number of hydrogen-bond donors (Lipinski definition) is 3. The molecule has 0 aliphatic rings. The monoisotopic (exact) mass is 804 g/mol. The molecule has 3 amide bonds. The number of aryl methyl sites for hydroxylation is 3. The molecule has 0 bridgehead atoms. The molecule has 0 atom stereocenters. The number of benzene rings is 6. The van der Waals surface area contributed by atoms with E-state index in [4.69, 9.17) is 14.2 Å². The highest BCUT2D eigenvalue weighted by Crippen LogP contribution is 2.23. The molecule has 300 valence electrons. The van der Waals surface area contributed by atoms with Crippen molar-refractivity contribution in [3.8, 4) is 34.3 Å². The Bertz CT molecular complexity index is 2580. The first kappa shape index (κ1) is 39.8. The molecule has 0 saturated heterocycles. The van der Waals surface area contributed by atoms with Gasteiger partial charge in [-0.25, -0.2) is 42.5 Å². The minimum Gasteiger partial charge on any atom is -0.410 e. The van der Waals surface area contributed by atoms with Gasteiger partial charge in [0.05, 0.1) is 17.1 Å². The van der Waals surface area contributed by atoms with Gasteiger partial charge in [-0.1, -0.05) is 72.8 Å². The van der Waals surface area contributed by atoms with Gasteiger partial charge in [0.15, 0.2) is 0 Å². The summed E-state index contributed by atoms with van der Waals surface area (Å²) in [6.45, 7) is 5.12. The Labute approximate surface area is 341 Å². The van der Waals surface area contributed by atoms with Crippen molar-refractivity contribution in [2.75, 3.05) is 16.0 Å². The van der Waals surface area contributed by atoms with E-state index < -0.39 is 35.3 Å². The van der Waals surface area contributed by atoms with Gasteiger partial charge in [-0.15, -0.1) is 0 Å². The van der Waals surface area contributed by atoms with E-state index in [2.05, 4.69) is 16.0 Å². The third-order valence-corrected chi connectivity index (χ3v) is 9.16. The molecular formula is C45H36N6O9. The largest absolute Gasteiger partial charge is 0.417 e. The van der Waals surface area contributed by atoms with Crippen LogP contribution in [0.4, 0.5) is 31.4 Å². The van der Waals surface area contributed by atoms with Crippen LogP contribution >= 0.6 is 0 Å². The Morgan fingerprint density at radius 2 is 0.633 bits per heavy atom. The van der Waals surface area contributed by atoms with Crippen LogP contribution in [-0.2, 0) is 0 Å². The van der Waals surface area contributed by atoms with E-state index in [1.807, 2.05) is 0 Å². The number of rotatable bonds is 9. The van der Waals surface area contributed by atoms with Crippen LogP contribution < -0.4 is 47.2 Å². The van der Waals surface area contributed by atoms with Gasteiger partial charge < -0.3 is 14.2 Å². The molecule has 0 fully saturated rings. The summed E-state index contributed by atoms with van der Waals surface area (Å²) in [6, 6.07) is 38.5. The molecular weight excluding hydrogens is 769 g/mol. The van der Waals surface area contributed by atoms with E-state index in [0.29, 0.717) is 16.7 Å². The maximum atomic E-state index is 14.6. The molecule has 0 unspecified atom stereocenters. The van der Waals surface area contributed by atoms with Gasteiger partial charge in [-0.3, -0.25) is 16.0 Å². The molecule has 15 nitrogen and oxygen atoms in total. The van der Waals surface area contributed by atoms with E-state index in [-0.39, 0.29) is 51.4 Å². The molecule has 0 radical (unpaired) electrons. The minimum atomic E-state index is -1.07. The molecule has 0 saturated carbocycles. The van der Waals surface area contributed by atoms with Gasteiger partial charge in [0.1, 0.15) is 17.2 Å². The van der Waals surface area contributed by atoms with Crippen LogP contribution in [0.2, 0.25) is 0 Å². The summed E-state index contributed by atoms with van der Waals surface area (Å²) >= 11 is 0. The van der Waals surface area contributed by atoms with Crippen molar-refractivity contribution in [2.45, 2.75) is 20.8 Å². The zero-order valence-electron chi connectivity index (χ0n) is 32.4. The first-order valence-corrected chi connectivity index (χ1v) is 18.4. The molecule has 15 heteroatoms. The van der Waals surface area contributed by atoms with Crippen LogP contribution in [-0.4, -0.2) is 32.0 Å². The lowest BCUT2D eigenvalue weighted by Gasteiger charge is -2.18. The fraction of sp³-hybridized carbons (Fsp3) is 0.0667. The topological polar surface area (TPSA) is 181 Å². The van der Waals surface area contributed by atoms with Gasteiger partial charge in [-0.2, -0.15) is 0 Å². The quantitative estimate of drug-likeness (QED) is 0.131. The Kier molecular flexibility index (Phi) is 11.5. The molecule has 1 aromatic heterocycles. The lowest BCUT2D eigenvalue weighted by Crippen LogP contribution is -2.52. The first-order valence-electron chi connectivity index (χ1n) is 18.4. The first-order chi connectivity index (χ1) is 28.9. The fourth-order valence-electron chi connectivity index (χ4n) is 6.05. The number of hydrogen-bond acceptors (Lipinski definition) is 9. The predicted octanol–water partition coefficient (Wildman–Crippen LogP) is 7.90. The van der Waals surface area contributed by atoms with Crippen LogP contribution in [0.15, 0.2) is 160 Å². The Morgan fingerprint density at radius 3 is 0.883 bits per heavy atom. The Hall–Kier alpha value is -8.46. The molecule has 1 heterocycles. The van der Waals surface area contributed by atoms with Crippen LogP contribution in [0, 0.1) is 20.8 Å². The molecule has 3 N–H and O–H groups in total. The van der Waals surface area contributed by atoms with Crippen molar-refractivity contribution in [2.24, 2.45) is 0 Å². The standard InChI is InChI=1S/C45H36N6O9/c1-28-19-22-31(25-37(28)46-40(52)58-34-13-7-4-8-14-34)49-43(55)50(32-23-20-29(2)38(26-32)47-41(53)59-35-15-9-5-10-16-35)45(57)51(44(49)56)33-24-21-30(3)39(27-33)48-42(54)60-36-17-11-6-12-18-36/h4-27H,1-3H3,(H,46,52)(H,47,53)(H,48,54). The van der Waals surface area contributed by atoms with Gasteiger partial charge in [0.2, 0.25) is 0 Å². The molecule has 0 aliphatic carbocycles. The van der Waals surface area contributed by atoms with Crippen LogP contribution in [0.1, 0.15) is 16.7 Å². The maximum Gasteiger partial charge on any atom is 0.417 e. The molecule has 6 aromatic carbocycles. The second-order valence-electron chi connectivity index (χ2n) is 13.3. The third-order valence-electron chi connectivity index (χ3n) is 9.16. The molecule has 0 aliphatic heterocycles. The summed E-state index contributed by atoms with van der Waals surface area (Å²) in [7, 11) is 0. The zero-order valence-corrected chi connectivity index (χ0v) is 32.4. The molecule has 0 spiro atoms. The van der Waals surface area contributed by atoms with Crippen LogP contribution in [0.5, 0.6) is 17.2 Å². The van der Waals surface area contributed by atoms with E-state index in [1.54, 1.807) is 130 Å². The van der Waals surface area contributed by atoms with Crippen LogP contribution in [0.25, 0.3) is 17.1 Å². The second-order valence-corrected chi connectivity index (χ2v) is 13.3. The zero-order chi connectivity index (χ0) is 42.3. The van der Waals surface area contributed by atoms with E-state index in [9.17, 15) is 28.8 Å². The number of nitrogens with zero attached hydrogens (tertiary/aromatic N) is 3. The lowest BCUT2D eigenvalue weighted by molar-refractivity contribution is 0.214. The van der Waals surface area contributed by atoms with E-state index in [0.717, 1.165) is 13.7 Å². The Balaban J connectivity index is 1.34. The lowest BCUT2D eigenvalue weighted by atomic mass is 10.1. The van der Waals surface area contributed by atoms with Crippen LogP contribution in [0.3, 0.4) is 0 Å².